The fraction of sp³-hybridized carbons (Fsp3) is 0.346. The highest BCUT2D eigenvalue weighted by Gasteiger charge is 2.33. The van der Waals surface area contributed by atoms with Gasteiger partial charge in [-0.15, -0.1) is 11.3 Å². The van der Waals surface area contributed by atoms with E-state index < -0.39 is 6.10 Å². The van der Waals surface area contributed by atoms with Gasteiger partial charge in [0.25, 0.3) is 5.91 Å². The molecular formula is C26H27N3O4S. The van der Waals surface area contributed by atoms with E-state index in [1.165, 1.54) is 10.5 Å². The Labute approximate surface area is 202 Å². The summed E-state index contributed by atoms with van der Waals surface area (Å²) < 4.78 is 11.4. The lowest BCUT2D eigenvalue weighted by Gasteiger charge is -2.33. The van der Waals surface area contributed by atoms with Crippen molar-refractivity contribution in [3.05, 3.63) is 64.5 Å². The van der Waals surface area contributed by atoms with Crippen LogP contribution in [0.2, 0.25) is 0 Å². The summed E-state index contributed by atoms with van der Waals surface area (Å²) in [4.78, 5) is 31.9. The summed E-state index contributed by atoms with van der Waals surface area (Å²) in [5.41, 5.74) is 3.52. The minimum atomic E-state index is -0.652. The van der Waals surface area contributed by atoms with Crippen molar-refractivity contribution in [3.8, 4) is 17.0 Å². The maximum Gasteiger partial charge on any atom is 0.268 e. The van der Waals surface area contributed by atoms with Crippen molar-refractivity contribution >= 4 is 28.8 Å². The SMILES string of the molecule is CC1Oc2ccc(-c3csc(Cc4ccccc4)n3)cc2N(CC(=O)NCC2CCCO2)C1=O. The van der Waals surface area contributed by atoms with Crippen LogP contribution in [0.3, 0.4) is 0 Å². The van der Waals surface area contributed by atoms with Crippen LogP contribution in [0.5, 0.6) is 5.75 Å². The molecule has 0 radical (unpaired) electrons. The average molecular weight is 478 g/mol. The first-order valence-electron chi connectivity index (χ1n) is 11.6. The van der Waals surface area contributed by atoms with Crippen LogP contribution in [0.4, 0.5) is 5.69 Å². The predicted octanol–water partition coefficient (Wildman–Crippen LogP) is 3.81. The van der Waals surface area contributed by atoms with Gasteiger partial charge in [-0.1, -0.05) is 30.3 Å². The normalized spacial score (nSPS) is 19.6. The lowest BCUT2D eigenvalue weighted by molar-refractivity contribution is -0.128. The maximum atomic E-state index is 12.9. The number of amides is 2. The highest BCUT2D eigenvalue weighted by Crippen LogP contribution is 2.37. The molecule has 2 aromatic carbocycles. The van der Waals surface area contributed by atoms with Crippen LogP contribution >= 0.6 is 11.3 Å². The summed E-state index contributed by atoms with van der Waals surface area (Å²) in [7, 11) is 0. The molecule has 3 heterocycles. The molecular weight excluding hydrogens is 450 g/mol. The van der Waals surface area contributed by atoms with E-state index in [1.54, 1.807) is 18.3 Å². The summed E-state index contributed by atoms with van der Waals surface area (Å²) in [5, 5.41) is 5.94. The van der Waals surface area contributed by atoms with Gasteiger partial charge in [-0.25, -0.2) is 4.98 Å². The third-order valence-electron chi connectivity index (χ3n) is 6.07. The number of aromatic nitrogens is 1. The van der Waals surface area contributed by atoms with Gasteiger partial charge in [-0.2, -0.15) is 0 Å². The van der Waals surface area contributed by atoms with Crippen LogP contribution in [0.25, 0.3) is 11.3 Å². The number of carbonyl (C=O) groups excluding carboxylic acids is 2. The fourth-order valence-corrected chi connectivity index (χ4v) is 5.09. The van der Waals surface area contributed by atoms with Crippen LogP contribution in [0, 0.1) is 0 Å². The van der Waals surface area contributed by atoms with Crippen molar-refractivity contribution in [3.63, 3.8) is 0 Å². The van der Waals surface area contributed by atoms with Crippen molar-refractivity contribution in [2.24, 2.45) is 0 Å². The van der Waals surface area contributed by atoms with Crippen molar-refractivity contribution < 1.29 is 19.1 Å². The van der Waals surface area contributed by atoms with E-state index in [0.717, 1.165) is 42.1 Å². The van der Waals surface area contributed by atoms with E-state index in [9.17, 15) is 9.59 Å². The highest BCUT2D eigenvalue weighted by atomic mass is 32.1. The summed E-state index contributed by atoms with van der Waals surface area (Å²) >= 11 is 1.61. The van der Waals surface area contributed by atoms with Gasteiger partial charge in [-0.3, -0.25) is 14.5 Å². The number of nitrogens with zero attached hydrogens (tertiary/aromatic N) is 2. The molecule has 2 amide bonds. The molecule has 2 unspecified atom stereocenters. The zero-order chi connectivity index (χ0) is 23.5. The molecule has 1 N–H and O–H groups in total. The van der Waals surface area contributed by atoms with Crippen molar-refractivity contribution in [2.75, 3.05) is 24.6 Å². The number of rotatable bonds is 7. The number of hydrogen-bond donors (Lipinski definition) is 1. The Morgan fingerprint density at radius 3 is 2.88 bits per heavy atom. The summed E-state index contributed by atoms with van der Waals surface area (Å²) in [6.45, 7) is 2.83. The number of carbonyl (C=O) groups is 2. The van der Waals surface area contributed by atoms with Gasteiger partial charge in [-0.05, 0) is 43.5 Å². The second-order valence-electron chi connectivity index (χ2n) is 8.59. The topological polar surface area (TPSA) is 80.8 Å². The van der Waals surface area contributed by atoms with Crippen molar-refractivity contribution in [1.82, 2.24) is 10.3 Å². The second-order valence-corrected chi connectivity index (χ2v) is 9.54. The van der Waals surface area contributed by atoms with E-state index in [2.05, 4.69) is 17.4 Å². The van der Waals surface area contributed by atoms with E-state index in [1.807, 2.05) is 41.8 Å². The number of nitrogens with one attached hydrogen (secondary N) is 1. The maximum absolute atomic E-state index is 12.9. The van der Waals surface area contributed by atoms with E-state index in [0.29, 0.717) is 18.0 Å². The molecule has 3 aromatic rings. The van der Waals surface area contributed by atoms with Gasteiger partial charge in [0.15, 0.2) is 6.10 Å². The molecule has 0 aliphatic carbocycles. The minimum absolute atomic E-state index is 0.0527. The van der Waals surface area contributed by atoms with Crippen LogP contribution in [0.15, 0.2) is 53.9 Å². The number of benzene rings is 2. The molecule has 2 aliphatic rings. The number of hydrogen-bond acceptors (Lipinski definition) is 6. The van der Waals surface area contributed by atoms with Gasteiger partial charge < -0.3 is 14.8 Å². The third-order valence-corrected chi connectivity index (χ3v) is 6.91. The number of fused-ring (bicyclic) bond motifs is 1. The molecule has 0 spiro atoms. The number of anilines is 1. The number of ether oxygens (including phenoxy) is 2. The first kappa shape index (κ1) is 22.6. The van der Waals surface area contributed by atoms with Crippen molar-refractivity contribution in [2.45, 2.75) is 38.4 Å². The Morgan fingerprint density at radius 2 is 2.09 bits per heavy atom. The van der Waals surface area contributed by atoms with Crippen LogP contribution in [-0.2, 0) is 20.7 Å². The predicted molar refractivity (Wildman–Crippen MR) is 131 cm³/mol. The lowest BCUT2D eigenvalue weighted by Crippen LogP contribution is -2.49. The molecule has 0 bridgehead atoms. The quantitative estimate of drug-likeness (QED) is 0.560. The van der Waals surface area contributed by atoms with Crippen LogP contribution < -0.4 is 15.0 Å². The monoisotopic (exact) mass is 477 g/mol. The van der Waals surface area contributed by atoms with Crippen molar-refractivity contribution in [1.29, 1.82) is 0 Å². The molecule has 7 nitrogen and oxygen atoms in total. The molecule has 8 heteroatoms. The molecule has 5 rings (SSSR count). The van der Waals surface area contributed by atoms with Gasteiger partial charge >= 0.3 is 0 Å². The summed E-state index contributed by atoms with van der Waals surface area (Å²) in [6.07, 6.45) is 2.13. The van der Waals surface area contributed by atoms with E-state index in [4.69, 9.17) is 14.5 Å². The number of thiazole rings is 1. The zero-order valence-electron chi connectivity index (χ0n) is 19.0. The molecule has 1 saturated heterocycles. The first-order chi connectivity index (χ1) is 16.6. The highest BCUT2D eigenvalue weighted by molar-refractivity contribution is 7.10. The second kappa shape index (κ2) is 9.95. The third kappa shape index (κ3) is 4.98. The zero-order valence-corrected chi connectivity index (χ0v) is 19.8. The molecule has 1 fully saturated rings. The average Bonchev–Trinajstić information content (AvgIpc) is 3.54. The summed E-state index contributed by atoms with van der Waals surface area (Å²) in [6, 6.07) is 15.9. The minimum Gasteiger partial charge on any atom is -0.479 e. The van der Waals surface area contributed by atoms with Gasteiger partial charge in [0.05, 0.1) is 22.5 Å². The largest absolute Gasteiger partial charge is 0.479 e. The first-order valence-corrected chi connectivity index (χ1v) is 12.4. The fourth-order valence-electron chi connectivity index (χ4n) is 4.26. The van der Waals surface area contributed by atoms with Gasteiger partial charge in [0, 0.05) is 30.5 Å². The van der Waals surface area contributed by atoms with Gasteiger partial charge in [0.2, 0.25) is 5.91 Å². The molecule has 34 heavy (non-hydrogen) atoms. The Kier molecular flexibility index (Phi) is 6.60. The van der Waals surface area contributed by atoms with E-state index >= 15 is 0 Å². The summed E-state index contributed by atoms with van der Waals surface area (Å²) in [5.74, 6) is 0.135. The molecule has 1 aromatic heterocycles. The standard InChI is InChI=1S/C26H27N3O4S/c1-17-26(31)29(15-24(30)27-14-20-8-5-11-32-20)22-13-19(9-10-23(22)33-17)21-16-34-25(28-21)12-18-6-3-2-4-7-18/h2-4,6-7,9-10,13,16-17,20H,5,8,11-12,14-15H2,1H3,(H,27,30). The Bertz CT molecular complexity index is 1170. The molecule has 176 valence electrons. The smallest absolute Gasteiger partial charge is 0.268 e. The molecule has 0 saturated carbocycles. The van der Waals surface area contributed by atoms with Crippen LogP contribution in [0.1, 0.15) is 30.3 Å². The lowest BCUT2D eigenvalue weighted by atomic mass is 10.1. The molecule has 2 atom stereocenters. The van der Waals surface area contributed by atoms with E-state index in [-0.39, 0.29) is 24.5 Å². The Morgan fingerprint density at radius 1 is 1.24 bits per heavy atom. The Hall–Kier alpha value is -3.23. The van der Waals surface area contributed by atoms with Gasteiger partial charge in [0.1, 0.15) is 12.3 Å². The molecule has 2 aliphatic heterocycles. The Balaban J connectivity index is 1.34. The van der Waals surface area contributed by atoms with Crippen LogP contribution in [-0.4, -0.2) is 48.7 Å².